The fourth-order valence-corrected chi connectivity index (χ4v) is 1.88. The molecular weight excluding hydrogens is 160 g/mol. The molecule has 1 unspecified atom stereocenters. The van der Waals surface area contributed by atoms with E-state index in [1.54, 1.807) is 0 Å². The van der Waals surface area contributed by atoms with E-state index in [0.717, 1.165) is 12.5 Å². The summed E-state index contributed by atoms with van der Waals surface area (Å²) in [5.74, 6) is 0. The number of nitrogens with one attached hydrogen (secondary N) is 1. The lowest BCUT2D eigenvalue weighted by atomic mass is 10.2. The summed E-state index contributed by atoms with van der Waals surface area (Å²) in [6, 6.07) is 0.768. The predicted octanol–water partition coefficient (Wildman–Crippen LogP) is 1.64. The van der Waals surface area contributed by atoms with Gasteiger partial charge in [-0.05, 0) is 32.9 Å². The van der Waals surface area contributed by atoms with Gasteiger partial charge >= 0.3 is 0 Å². The van der Waals surface area contributed by atoms with E-state index >= 15 is 0 Å². The zero-order valence-corrected chi connectivity index (χ0v) is 8.97. The first-order chi connectivity index (χ1) is 6.24. The minimum atomic E-state index is 0.768. The van der Waals surface area contributed by atoms with E-state index in [1.807, 2.05) is 0 Å². The summed E-state index contributed by atoms with van der Waals surface area (Å²) >= 11 is 0. The maximum absolute atomic E-state index is 3.95. The molecular formula is C11H22N2. The van der Waals surface area contributed by atoms with Gasteiger partial charge in [-0.15, -0.1) is 6.58 Å². The van der Waals surface area contributed by atoms with Crippen LogP contribution in [0.5, 0.6) is 0 Å². The molecule has 1 rings (SSSR count). The van der Waals surface area contributed by atoms with Crippen LogP contribution in [0.25, 0.3) is 0 Å². The van der Waals surface area contributed by atoms with Crippen LogP contribution in [0, 0.1) is 0 Å². The first kappa shape index (κ1) is 10.7. The van der Waals surface area contributed by atoms with E-state index in [2.05, 4.69) is 30.6 Å². The molecule has 1 heterocycles. The number of hydrogen-bond acceptors (Lipinski definition) is 2. The molecule has 0 amide bonds. The summed E-state index contributed by atoms with van der Waals surface area (Å²) in [5.41, 5.74) is 1.30. The Morgan fingerprint density at radius 3 is 2.85 bits per heavy atom. The quantitative estimate of drug-likeness (QED) is 0.650. The SMILES string of the molecule is C=C(C)CCN(CC)C1CCNC1. The molecule has 0 bridgehead atoms. The summed E-state index contributed by atoms with van der Waals surface area (Å²) in [4.78, 5) is 2.56. The second-order valence-electron chi connectivity index (χ2n) is 3.98. The van der Waals surface area contributed by atoms with Crippen LogP contribution in [-0.2, 0) is 0 Å². The topological polar surface area (TPSA) is 15.3 Å². The van der Waals surface area contributed by atoms with Gasteiger partial charge in [0.05, 0.1) is 0 Å². The van der Waals surface area contributed by atoms with Crippen molar-refractivity contribution in [1.29, 1.82) is 0 Å². The van der Waals surface area contributed by atoms with Crippen LogP contribution >= 0.6 is 0 Å². The predicted molar refractivity (Wildman–Crippen MR) is 58.0 cm³/mol. The summed E-state index contributed by atoms with van der Waals surface area (Å²) < 4.78 is 0. The highest BCUT2D eigenvalue weighted by molar-refractivity contribution is 4.90. The summed E-state index contributed by atoms with van der Waals surface area (Å²) in [7, 11) is 0. The smallest absolute Gasteiger partial charge is 0.0232 e. The van der Waals surface area contributed by atoms with Crippen molar-refractivity contribution < 1.29 is 0 Å². The first-order valence-electron chi connectivity index (χ1n) is 5.33. The van der Waals surface area contributed by atoms with E-state index in [-0.39, 0.29) is 0 Å². The molecule has 2 nitrogen and oxygen atoms in total. The Bertz CT molecular complexity index is 159. The number of likely N-dealkylation sites (N-methyl/N-ethyl adjacent to an activating group) is 1. The third kappa shape index (κ3) is 3.49. The maximum Gasteiger partial charge on any atom is 0.0232 e. The average Bonchev–Trinajstić information content (AvgIpc) is 2.58. The third-order valence-corrected chi connectivity index (χ3v) is 2.78. The maximum atomic E-state index is 3.95. The van der Waals surface area contributed by atoms with Crippen LogP contribution in [0.4, 0.5) is 0 Å². The molecule has 0 radical (unpaired) electrons. The van der Waals surface area contributed by atoms with Gasteiger partial charge in [0.25, 0.3) is 0 Å². The Morgan fingerprint density at radius 2 is 2.38 bits per heavy atom. The van der Waals surface area contributed by atoms with Crippen molar-refractivity contribution in [1.82, 2.24) is 10.2 Å². The van der Waals surface area contributed by atoms with Crippen molar-refractivity contribution in [3.05, 3.63) is 12.2 Å². The fourth-order valence-electron chi connectivity index (χ4n) is 1.88. The van der Waals surface area contributed by atoms with Gasteiger partial charge < -0.3 is 5.32 Å². The molecule has 0 aromatic heterocycles. The third-order valence-electron chi connectivity index (χ3n) is 2.78. The van der Waals surface area contributed by atoms with Gasteiger partial charge in [0.2, 0.25) is 0 Å². The molecule has 1 atom stereocenters. The standard InChI is InChI=1S/C11H22N2/c1-4-13(8-6-10(2)3)11-5-7-12-9-11/h11-12H,2,4-9H2,1,3H3. The molecule has 0 saturated carbocycles. The summed E-state index contributed by atoms with van der Waals surface area (Å²) in [6.07, 6.45) is 2.45. The molecule has 1 aliphatic rings. The van der Waals surface area contributed by atoms with Gasteiger partial charge in [-0.2, -0.15) is 0 Å². The lowest BCUT2D eigenvalue weighted by Crippen LogP contribution is -2.37. The van der Waals surface area contributed by atoms with Crippen molar-refractivity contribution in [2.75, 3.05) is 26.2 Å². The monoisotopic (exact) mass is 182 g/mol. The molecule has 1 aliphatic heterocycles. The van der Waals surface area contributed by atoms with Crippen molar-refractivity contribution in [2.24, 2.45) is 0 Å². The minimum absolute atomic E-state index is 0.768. The Hall–Kier alpha value is -0.340. The van der Waals surface area contributed by atoms with Gasteiger partial charge in [0.1, 0.15) is 0 Å². The normalized spacial score (nSPS) is 22.5. The molecule has 0 aromatic carbocycles. The number of rotatable bonds is 5. The van der Waals surface area contributed by atoms with Crippen LogP contribution in [0.1, 0.15) is 26.7 Å². The second-order valence-corrected chi connectivity index (χ2v) is 3.98. The van der Waals surface area contributed by atoms with Crippen molar-refractivity contribution in [2.45, 2.75) is 32.7 Å². The number of nitrogens with zero attached hydrogens (tertiary/aromatic N) is 1. The largest absolute Gasteiger partial charge is 0.315 e. The van der Waals surface area contributed by atoms with Crippen LogP contribution in [0.3, 0.4) is 0 Å². The fraction of sp³-hybridized carbons (Fsp3) is 0.818. The van der Waals surface area contributed by atoms with E-state index in [9.17, 15) is 0 Å². The Kier molecular flexibility index (Phi) is 4.46. The highest BCUT2D eigenvalue weighted by Gasteiger charge is 2.20. The highest BCUT2D eigenvalue weighted by atomic mass is 15.2. The molecule has 1 fully saturated rings. The van der Waals surface area contributed by atoms with E-state index in [1.165, 1.54) is 38.2 Å². The van der Waals surface area contributed by atoms with Gasteiger partial charge in [0.15, 0.2) is 0 Å². The van der Waals surface area contributed by atoms with Gasteiger partial charge in [-0.1, -0.05) is 12.5 Å². The molecule has 2 heteroatoms. The Labute approximate surface area is 82.0 Å². The second kappa shape index (κ2) is 5.40. The lowest BCUT2D eigenvalue weighted by molar-refractivity contribution is 0.222. The molecule has 13 heavy (non-hydrogen) atoms. The van der Waals surface area contributed by atoms with Crippen molar-refractivity contribution in [3.8, 4) is 0 Å². The average molecular weight is 182 g/mol. The van der Waals surface area contributed by atoms with Crippen LogP contribution < -0.4 is 5.32 Å². The molecule has 1 saturated heterocycles. The van der Waals surface area contributed by atoms with E-state index < -0.39 is 0 Å². The van der Waals surface area contributed by atoms with Crippen molar-refractivity contribution >= 4 is 0 Å². The highest BCUT2D eigenvalue weighted by Crippen LogP contribution is 2.10. The number of hydrogen-bond donors (Lipinski definition) is 1. The van der Waals surface area contributed by atoms with E-state index in [0.29, 0.717) is 0 Å². The van der Waals surface area contributed by atoms with Gasteiger partial charge in [-0.3, -0.25) is 4.90 Å². The minimum Gasteiger partial charge on any atom is -0.315 e. The molecule has 76 valence electrons. The summed E-state index contributed by atoms with van der Waals surface area (Å²) in [5, 5.41) is 3.41. The van der Waals surface area contributed by atoms with Crippen LogP contribution in [0.15, 0.2) is 12.2 Å². The molecule has 0 aliphatic carbocycles. The van der Waals surface area contributed by atoms with Gasteiger partial charge in [0, 0.05) is 19.1 Å². The Balaban J connectivity index is 2.28. The first-order valence-corrected chi connectivity index (χ1v) is 5.33. The molecule has 0 aromatic rings. The van der Waals surface area contributed by atoms with Crippen LogP contribution in [0.2, 0.25) is 0 Å². The van der Waals surface area contributed by atoms with Crippen LogP contribution in [-0.4, -0.2) is 37.1 Å². The van der Waals surface area contributed by atoms with Gasteiger partial charge in [-0.25, -0.2) is 0 Å². The lowest BCUT2D eigenvalue weighted by Gasteiger charge is -2.26. The molecule has 0 spiro atoms. The van der Waals surface area contributed by atoms with Crippen molar-refractivity contribution in [3.63, 3.8) is 0 Å². The van der Waals surface area contributed by atoms with E-state index in [4.69, 9.17) is 0 Å². The summed E-state index contributed by atoms with van der Waals surface area (Å²) in [6.45, 7) is 13.0. The Morgan fingerprint density at radius 1 is 1.62 bits per heavy atom. The zero-order chi connectivity index (χ0) is 9.68. The zero-order valence-electron chi connectivity index (χ0n) is 8.97. The molecule has 1 N–H and O–H groups in total.